The third-order valence-corrected chi connectivity index (χ3v) is 2.25. The zero-order valence-corrected chi connectivity index (χ0v) is 9.83. The molecule has 0 aliphatic rings. The minimum atomic E-state index is -0.482. The van der Waals surface area contributed by atoms with Crippen LogP contribution < -0.4 is 5.32 Å². The first-order valence-electron chi connectivity index (χ1n) is 5.34. The highest BCUT2D eigenvalue weighted by Crippen LogP contribution is 2.04. The van der Waals surface area contributed by atoms with E-state index in [1.807, 2.05) is 12.1 Å². The van der Waals surface area contributed by atoms with Crippen molar-refractivity contribution < 1.29 is 9.53 Å². The molecule has 2 aromatic rings. The molecule has 0 aliphatic heterocycles. The van der Waals surface area contributed by atoms with Gasteiger partial charge in [-0.3, -0.25) is 4.98 Å². The Balaban J connectivity index is 2.04. The summed E-state index contributed by atoms with van der Waals surface area (Å²) in [7, 11) is 1.31. The number of methoxy groups -OCH3 is 1. The van der Waals surface area contributed by atoms with Crippen LogP contribution in [0, 0.1) is 0 Å². The largest absolute Gasteiger partial charge is 0.464 e. The Labute approximate surface area is 104 Å². The number of pyridine rings is 1. The average molecular weight is 244 g/mol. The fraction of sp³-hybridized carbons (Fsp3) is 0.167. The van der Waals surface area contributed by atoms with Gasteiger partial charge in [0, 0.05) is 25.1 Å². The van der Waals surface area contributed by atoms with Crippen LogP contribution in [-0.4, -0.2) is 28.0 Å². The lowest BCUT2D eigenvalue weighted by Gasteiger charge is -2.05. The Morgan fingerprint density at radius 2 is 2.06 bits per heavy atom. The number of ether oxygens (including phenoxy) is 1. The molecular formula is C12H12N4O2. The summed E-state index contributed by atoms with van der Waals surface area (Å²) in [4.78, 5) is 23.3. The number of nitrogens with zero attached hydrogens (tertiary/aromatic N) is 3. The van der Waals surface area contributed by atoms with Gasteiger partial charge in [0.05, 0.1) is 7.11 Å². The van der Waals surface area contributed by atoms with E-state index in [1.165, 1.54) is 19.4 Å². The average Bonchev–Trinajstić information content (AvgIpc) is 2.45. The first-order chi connectivity index (χ1) is 8.79. The summed E-state index contributed by atoms with van der Waals surface area (Å²) in [6.07, 6.45) is 4.93. The van der Waals surface area contributed by atoms with Gasteiger partial charge in [0.25, 0.3) is 0 Å². The van der Waals surface area contributed by atoms with Crippen LogP contribution in [0.4, 0.5) is 5.95 Å². The molecule has 0 atom stereocenters. The molecular weight excluding hydrogens is 232 g/mol. The van der Waals surface area contributed by atoms with Crippen molar-refractivity contribution in [3.8, 4) is 0 Å². The quantitative estimate of drug-likeness (QED) is 0.816. The predicted molar refractivity (Wildman–Crippen MR) is 64.9 cm³/mol. The van der Waals surface area contributed by atoms with Gasteiger partial charge in [0.15, 0.2) is 5.69 Å². The molecule has 18 heavy (non-hydrogen) atoms. The first kappa shape index (κ1) is 12.0. The van der Waals surface area contributed by atoms with Crippen molar-refractivity contribution in [2.24, 2.45) is 0 Å². The molecule has 0 fully saturated rings. The molecule has 6 heteroatoms. The van der Waals surface area contributed by atoms with Gasteiger partial charge in [-0.25, -0.2) is 14.8 Å². The number of anilines is 1. The Kier molecular flexibility index (Phi) is 3.80. The van der Waals surface area contributed by atoms with Crippen molar-refractivity contribution in [2.75, 3.05) is 12.4 Å². The van der Waals surface area contributed by atoms with Crippen molar-refractivity contribution in [3.05, 3.63) is 48.0 Å². The molecule has 0 aromatic carbocycles. The molecule has 0 aliphatic carbocycles. The number of rotatable bonds is 4. The molecule has 0 bridgehead atoms. The highest BCUT2D eigenvalue weighted by molar-refractivity contribution is 5.87. The van der Waals surface area contributed by atoms with Gasteiger partial charge >= 0.3 is 5.97 Å². The van der Waals surface area contributed by atoms with Crippen LogP contribution in [0.1, 0.15) is 16.1 Å². The standard InChI is InChI=1S/C12H12N4O2/c1-18-11(17)10-4-7-14-12(16-10)15-8-9-2-5-13-6-3-9/h2-7H,8H2,1H3,(H,14,15,16). The summed E-state index contributed by atoms with van der Waals surface area (Å²) in [6, 6.07) is 5.28. The topological polar surface area (TPSA) is 77.0 Å². The second kappa shape index (κ2) is 5.72. The van der Waals surface area contributed by atoms with Gasteiger partial charge in [0.2, 0.25) is 5.95 Å². The van der Waals surface area contributed by atoms with Crippen molar-refractivity contribution in [3.63, 3.8) is 0 Å². The number of esters is 1. The lowest BCUT2D eigenvalue weighted by atomic mass is 10.3. The Morgan fingerprint density at radius 1 is 1.28 bits per heavy atom. The third kappa shape index (κ3) is 3.00. The second-order valence-electron chi connectivity index (χ2n) is 3.47. The van der Waals surface area contributed by atoms with Crippen LogP contribution in [0.15, 0.2) is 36.8 Å². The Hall–Kier alpha value is -2.50. The number of aromatic nitrogens is 3. The van der Waals surface area contributed by atoms with Gasteiger partial charge in [-0.15, -0.1) is 0 Å². The Bertz CT molecular complexity index is 531. The molecule has 0 spiro atoms. The van der Waals surface area contributed by atoms with Gasteiger partial charge in [-0.2, -0.15) is 0 Å². The summed E-state index contributed by atoms with van der Waals surface area (Å²) >= 11 is 0. The van der Waals surface area contributed by atoms with Crippen LogP contribution in [-0.2, 0) is 11.3 Å². The number of carbonyl (C=O) groups excluding carboxylic acids is 1. The van der Waals surface area contributed by atoms with E-state index in [0.29, 0.717) is 12.5 Å². The van der Waals surface area contributed by atoms with E-state index in [4.69, 9.17) is 0 Å². The summed E-state index contributed by atoms with van der Waals surface area (Å²) in [5.41, 5.74) is 1.28. The van der Waals surface area contributed by atoms with E-state index < -0.39 is 5.97 Å². The minimum absolute atomic E-state index is 0.227. The van der Waals surface area contributed by atoms with E-state index in [9.17, 15) is 4.79 Å². The van der Waals surface area contributed by atoms with Gasteiger partial charge in [-0.05, 0) is 23.8 Å². The maximum atomic E-state index is 11.3. The zero-order chi connectivity index (χ0) is 12.8. The van der Waals surface area contributed by atoms with E-state index >= 15 is 0 Å². The van der Waals surface area contributed by atoms with Crippen molar-refractivity contribution in [1.82, 2.24) is 15.0 Å². The van der Waals surface area contributed by atoms with Crippen molar-refractivity contribution >= 4 is 11.9 Å². The summed E-state index contributed by atoms with van der Waals surface area (Å²) in [5, 5.41) is 3.02. The minimum Gasteiger partial charge on any atom is -0.464 e. The van der Waals surface area contributed by atoms with Gasteiger partial charge in [0.1, 0.15) is 0 Å². The van der Waals surface area contributed by atoms with E-state index in [0.717, 1.165) is 5.56 Å². The number of nitrogens with one attached hydrogen (secondary N) is 1. The summed E-state index contributed by atoms with van der Waals surface area (Å²) in [5.74, 6) is -0.0981. The monoisotopic (exact) mass is 244 g/mol. The maximum absolute atomic E-state index is 11.3. The van der Waals surface area contributed by atoms with Crippen LogP contribution >= 0.6 is 0 Å². The molecule has 0 unspecified atom stereocenters. The molecule has 0 amide bonds. The van der Waals surface area contributed by atoms with Gasteiger partial charge in [-0.1, -0.05) is 0 Å². The third-order valence-electron chi connectivity index (χ3n) is 2.25. The SMILES string of the molecule is COC(=O)c1ccnc(NCc2ccncc2)n1. The molecule has 6 nitrogen and oxygen atoms in total. The number of hydrogen-bond acceptors (Lipinski definition) is 6. The van der Waals surface area contributed by atoms with Crippen LogP contribution in [0.5, 0.6) is 0 Å². The number of carbonyl (C=O) groups is 1. The lowest BCUT2D eigenvalue weighted by molar-refractivity contribution is 0.0594. The summed E-state index contributed by atoms with van der Waals surface area (Å²) < 4.78 is 4.59. The van der Waals surface area contributed by atoms with E-state index in [-0.39, 0.29) is 5.69 Å². The smallest absolute Gasteiger partial charge is 0.356 e. The fourth-order valence-corrected chi connectivity index (χ4v) is 1.34. The number of hydrogen-bond donors (Lipinski definition) is 1. The van der Waals surface area contributed by atoms with Crippen molar-refractivity contribution in [2.45, 2.75) is 6.54 Å². The van der Waals surface area contributed by atoms with Crippen LogP contribution in [0.25, 0.3) is 0 Å². The highest BCUT2D eigenvalue weighted by atomic mass is 16.5. The molecule has 0 saturated heterocycles. The fourth-order valence-electron chi connectivity index (χ4n) is 1.34. The first-order valence-corrected chi connectivity index (χ1v) is 5.34. The van der Waals surface area contributed by atoms with Crippen LogP contribution in [0.3, 0.4) is 0 Å². The molecule has 2 rings (SSSR count). The van der Waals surface area contributed by atoms with Crippen LogP contribution in [0.2, 0.25) is 0 Å². The molecule has 1 N–H and O–H groups in total. The molecule has 0 radical (unpaired) electrons. The lowest BCUT2D eigenvalue weighted by Crippen LogP contribution is -2.09. The molecule has 2 heterocycles. The second-order valence-corrected chi connectivity index (χ2v) is 3.47. The molecule has 2 aromatic heterocycles. The Morgan fingerprint density at radius 3 is 2.78 bits per heavy atom. The van der Waals surface area contributed by atoms with Crippen molar-refractivity contribution in [1.29, 1.82) is 0 Å². The maximum Gasteiger partial charge on any atom is 0.356 e. The molecule has 0 saturated carbocycles. The van der Waals surface area contributed by atoms with E-state index in [1.54, 1.807) is 12.4 Å². The normalized spacial score (nSPS) is 9.83. The van der Waals surface area contributed by atoms with E-state index in [2.05, 4.69) is 25.0 Å². The molecule has 92 valence electrons. The summed E-state index contributed by atoms with van der Waals surface area (Å²) in [6.45, 7) is 0.563. The zero-order valence-electron chi connectivity index (χ0n) is 9.83. The van der Waals surface area contributed by atoms with Gasteiger partial charge < -0.3 is 10.1 Å². The highest BCUT2D eigenvalue weighted by Gasteiger charge is 2.07. The predicted octanol–water partition coefficient (Wildman–Crippen LogP) is 1.27.